The van der Waals surface area contributed by atoms with E-state index in [0.29, 0.717) is 18.0 Å². The van der Waals surface area contributed by atoms with Crippen molar-refractivity contribution in [2.45, 2.75) is 26.7 Å². The van der Waals surface area contributed by atoms with Crippen LogP contribution in [0.3, 0.4) is 0 Å². The number of azo groups is 1. The van der Waals surface area contributed by atoms with Crippen LogP contribution in [0.2, 0.25) is 0 Å². The van der Waals surface area contributed by atoms with Crippen LogP contribution in [-0.2, 0) is 0 Å². The third-order valence-electron chi connectivity index (χ3n) is 3.02. The fraction of sp³-hybridized carbons (Fsp3) is 0.294. The molecule has 2 aromatic carbocycles. The van der Waals surface area contributed by atoms with Crippen LogP contribution in [-0.4, -0.2) is 11.7 Å². The van der Waals surface area contributed by atoms with Gasteiger partial charge < -0.3 is 9.84 Å². The zero-order valence-corrected chi connectivity index (χ0v) is 12.4. The summed E-state index contributed by atoms with van der Waals surface area (Å²) >= 11 is 0. The Morgan fingerprint density at radius 1 is 1.05 bits per heavy atom. The molecule has 0 atom stereocenters. The minimum Gasteiger partial charge on any atom is -0.505 e. The number of phenolic OH excluding ortho intramolecular Hbond substituents is 1. The highest BCUT2D eigenvalue weighted by atomic mass is 16.5. The van der Waals surface area contributed by atoms with Crippen LogP contribution in [0, 0.1) is 6.92 Å². The van der Waals surface area contributed by atoms with Gasteiger partial charge in [0.05, 0.1) is 12.3 Å². The third-order valence-corrected chi connectivity index (χ3v) is 3.02. The number of aromatic hydroxyl groups is 1. The van der Waals surface area contributed by atoms with E-state index in [1.165, 1.54) is 5.56 Å². The summed E-state index contributed by atoms with van der Waals surface area (Å²) in [6.07, 6.45) is 2.07. The van der Waals surface area contributed by atoms with Gasteiger partial charge in [-0.05, 0) is 37.6 Å². The fourth-order valence-corrected chi connectivity index (χ4v) is 1.73. The van der Waals surface area contributed by atoms with Crippen molar-refractivity contribution >= 4 is 11.4 Å². The van der Waals surface area contributed by atoms with Gasteiger partial charge in [0, 0.05) is 6.07 Å². The zero-order valence-electron chi connectivity index (χ0n) is 12.4. The molecule has 0 saturated heterocycles. The number of rotatable bonds is 6. The topological polar surface area (TPSA) is 54.2 Å². The quantitative estimate of drug-likeness (QED) is 0.578. The van der Waals surface area contributed by atoms with E-state index in [1.807, 2.05) is 31.2 Å². The smallest absolute Gasteiger partial charge is 0.146 e. The molecule has 0 unspecified atom stereocenters. The first-order valence-corrected chi connectivity index (χ1v) is 7.13. The summed E-state index contributed by atoms with van der Waals surface area (Å²) in [5, 5.41) is 18.1. The number of benzene rings is 2. The highest BCUT2D eigenvalue weighted by Crippen LogP contribution is 2.31. The summed E-state index contributed by atoms with van der Waals surface area (Å²) in [6, 6.07) is 12.8. The number of unbranched alkanes of at least 4 members (excludes halogenated alkanes) is 1. The predicted octanol–water partition coefficient (Wildman–Crippen LogP) is 5.29. The molecule has 0 spiro atoms. The maximum absolute atomic E-state index is 9.94. The molecule has 1 N–H and O–H groups in total. The largest absolute Gasteiger partial charge is 0.505 e. The maximum Gasteiger partial charge on any atom is 0.146 e. The lowest BCUT2D eigenvalue weighted by atomic mass is 10.2. The molecular formula is C17H20N2O2. The van der Waals surface area contributed by atoms with E-state index in [4.69, 9.17) is 4.74 Å². The van der Waals surface area contributed by atoms with Crippen LogP contribution >= 0.6 is 0 Å². The summed E-state index contributed by atoms with van der Waals surface area (Å²) < 4.78 is 5.53. The highest BCUT2D eigenvalue weighted by molar-refractivity contribution is 5.54. The Labute approximate surface area is 125 Å². The SMILES string of the molecule is CCCCOc1ccc(N=Nc2ccc(C)cc2)c(O)c1. The van der Waals surface area contributed by atoms with Crippen LogP contribution < -0.4 is 4.74 Å². The van der Waals surface area contributed by atoms with Crippen LogP contribution in [0.1, 0.15) is 25.3 Å². The first-order valence-electron chi connectivity index (χ1n) is 7.13. The van der Waals surface area contributed by atoms with Gasteiger partial charge in [0.15, 0.2) is 0 Å². The first-order chi connectivity index (χ1) is 10.2. The molecule has 0 heterocycles. The molecular weight excluding hydrogens is 264 g/mol. The van der Waals surface area contributed by atoms with Gasteiger partial charge in [0.25, 0.3) is 0 Å². The van der Waals surface area contributed by atoms with E-state index in [1.54, 1.807) is 18.2 Å². The predicted molar refractivity (Wildman–Crippen MR) is 83.9 cm³/mol. The van der Waals surface area contributed by atoms with Gasteiger partial charge in [0.1, 0.15) is 17.2 Å². The summed E-state index contributed by atoms with van der Waals surface area (Å²) in [5.41, 5.74) is 2.35. The molecule has 4 nitrogen and oxygen atoms in total. The lowest BCUT2D eigenvalue weighted by Gasteiger charge is -2.06. The van der Waals surface area contributed by atoms with Crippen LogP contribution in [0.4, 0.5) is 11.4 Å². The monoisotopic (exact) mass is 284 g/mol. The van der Waals surface area contributed by atoms with E-state index in [-0.39, 0.29) is 5.75 Å². The van der Waals surface area contributed by atoms with Crippen LogP contribution in [0.5, 0.6) is 11.5 Å². The van der Waals surface area contributed by atoms with E-state index in [2.05, 4.69) is 17.2 Å². The lowest BCUT2D eigenvalue weighted by Crippen LogP contribution is -1.95. The van der Waals surface area contributed by atoms with Gasteiger partial charge in [-0.2, -0.15) is 5.11 Å². The third kappa shape index (κ3) is 4.60. The highest BCUT2D eigenvalue weighted by Gasteiger charge is 2.02. The summed E-state index contributed by atoms with van der Waals surface area (Å²) in [4.78, 5) is 0. The number of ether oxygens (including phenoxy) is 1. The van der Waals surface area contributed by atoms with Gasteiger partial charge in [-0.3, -0.25) is 0 Å². The van der Waals surface area contributed by atoms with Crippen molar-refractivity contribution in [1.29, 1.82) is 0 Å². The number of nitrogens with zero attached hydrogens (tertiary/aromatic N) is 2. The van der Waals surface area contributed by atoms with E-state index < -0.39 is 0 Å². The van der Waals surface area contributed by atoms with Crippen molar-refractivity contribution in [2.75, 3.05) is 6.61 Å². The molecule has 0 aliphatic heterocycles. The second-order valence-corrected chi connectivity index (χ2v) is 4.89. The Morgan fingerprint density at radius 3 is 2.48 bits per heavy atom. The molecule has 2 aromatic rings. The van der Waals surface area contributed by atoms with E-state index >= 15 is 0 Å². The Kier molecular flexibility index (Phi) is 5.32. The van der Waals surface area contributed by atoms with E-state index in [9.17, 15) is 5.11 Å². The van der Waals surface area contributed by atoms with Gasteiger partial charge in [-0.25, -0.2) is 0 Å². The van der Waals surface area contributed by atoms with Crippen molar-refractivity contribution in [1.82, 2.24) is 0 Å². The lowest BCUT2D eigenvalue weighted by molar-refractivity contribution is 0.307. The molecule has 0 aliphatic rings. The van der Waals surface area contributed by atoms with E-state index in [0.717, 1.165) is 18.5 Å². The molecule has 2 rings (SSSR count). The summed E-state index contributed by atoms with van der Waals surface area (Å²) in [5.74, 6) is 0.718. The first kappa shape index (κ1) is 15.0. The average Bonchev–Trinajstić information content (AvgIpc) is 2.48. The van der Waals surface area contributed by atoms with Crippen molar-refractivity contribution in [2.24, 2.45) is 10.2 Å². The molecule has 0 bridgehead atoms. The molecule has 21 heavy (non-hydrogen) atoms. The van der Waals surface area contributed by atoms with Gasteiger partial charge in [-0.1, -0.05) is 31.0 Å². The zero-order chi connectivity index (χ0) is 15.1. The maximum atomic E-state index is 9.94. The van der Waals surface area contributed by atoms with Crippen molar-refractivity contribution < 1.29 is 9.84 Å². The van der Waals surface area contributed by atoms with Gasteiger partial charge >= 0.3 is 0 Å². The number of aryl methyl sites for hydroxylation is 1. The normalized spacial score (nSPS) is 11.0. The second-order valence-electron chi connectivity index (χ2n) is 4.89. The van der Waals surface area contributed by atoms with Gasteiger partial charge in [0.2, 0.25) is 0 Å². The van der Waals surface area contributed by atoms with Crippen molar-refractivity contribution in [3.8, 4) is 11.5 Å². The summed E-state index contributed by atoms with van der Waals surface area (Å²) in [7, 11) is 0. The van der Waals surface area contributed by atoms with Crippen molar-refractivity contribution in [3.05, 3.63) is 48.0 Å². The Balaban J connectivity index is 2.05. The Hall–Kier alpha value is -2.36. The fourth-order valence-electron chi connectivity index (χ4n) is 1.73. The molecule has 110 valence electrons. The molecule has 0 radical (unpaired) electrons. The van der Waals surface area contributed by atoms with Gasteiger partial charge in [-0.15, -0.1) is 5.11 Å². The minimum absolute atomic E-state index is 0.0693. The molecule has 0 amide bonds. The molecule has 0 saturated carbocycles. The number of phenols is 1. The Morgan fingerprint density at radius 2 is 1.81 bits per heavy atom. The molecule has 4 heteroatoms. The van der Waals surface area contributed by atoms with Crippen LogP contribution in [0.15, 0.2) is 52.7 Å². The van der Waals surface area contributed by atoms with Crippen molar-refractivity contribution in [3.63, 3.8) is 0 Å². The second kappa shape index (κ2) is 7.43. The number of hydrogen-bond donors (Lipinski definition) is 1. The number of hydrogen-bond acceptors (Lipinski definition) is 4. The standard InChI is InChI=1S/C17H20N2O2/c1-3-4-11-21-15-9-10-16(17(20)12-15)19-18-14-7-5-13(2)6-8-14/h5-10,12,20H,3-4,11H2,1-2H3. The average molecular weight is 284 g/mol. The van der Waals surface area contributed by atoms with Crippen LogP contribution in [0.25, 0.3) is 0 Å². The minimum atomic E-state index is 0.0693. The Bertz CT molecular complexity index is 607. The summed E-state index contributed by atoms with van der Waals surface area (Å²) in [6.45, 7) is 4.78. The molecule has 0 fully saturated rings. The molecule has 0 aliphatic carbocycles. The molecule has 0 aromatic heterocycles.